The summed E-state index contributed by atoms with van der Waals surface area (Å²) in [7, 11) is -3.45. The molecule has 0 saturated heterocycles. The molecule has 0 spiro atoms. The number of alkyl halides is 3. The van der Waals surface area contributed by atoms with Crippen molar-refractivity contribution in [1.82, 2.24) is 4.57 Å². The highest BCUT2D eigenvalue weighted by Crippen LogP contribution is 2.38. The van der Waals surface area contributed by atoms with E-state index in [9.17, 15) is 26.9 Å². The molecule has 0 aliphatic heterocycles. The first kappa shape index (κ1) is 23.7. The van der Waals surface area contributed by atoms with Crippen molar-refractivity contribution in [2.75, 3.05) is 16.6 Å². The second kappa shape index (κ2) is 8.87. The molecule has 32 heavy (non-hydrogen) atoms. The maximum Gasteiger partial charge on any atom is 0.416 e. The van der Waals surface area contributed by atoms with Crippen molar-refractivity contribution >= 4 is 26.6 Å². The van der Waals surface area contributed by atoms with Gasteiger partial charge in [0, 0.05) is 18.5 Å². The minimum absolute atomic E-state index is 0.0288. The van der Waals surface area contributed by atoms with E-state index in [0.29, 0.717) is 47.4 Å². The fourth-order valence-electron chi connectivity index (χ4n) is 3.84. The number of aryl methyl sites for hydroxylation is 1. The summed E-state index contributed by atoms with van der Waals surface area (Å²) in [5.74, 6) is -0.0288. The van der Waals surface area contributed by atoms with Gasteiger partial charge in [0.1, 0.15) is 6.07 Å². The summed E-state index contributed by atoms with van der Waals surface area (Å²) in [6.45, 7) is 5.98. The van der Waals surface area contributed by atoms with Gasteiger partial charge in [-0.1, -0.05) is 25.1 Å². The van der Waals surface area contributed by atoms with Crippen molar-refractivity contribution in [3.05, 3.63) is 53.6 Å². The molecule has 0 bridgehead atoms. The van der Waals surface area contributed by atoms with E-state index < -0.39 is 21.8 Å². The van der Waals surface area contributed by atoms with Crippen LogP contribution in [-0.4, -0.2) is 25.3 Å². The first-order chi connectivity index (χ1) is 15.1. The Morgan fingerprint density at radius 3 is 2.22 bits per heavy atom. The maximum atomic E-state index is 13.2. The van der Waals surface area contributed by atoms with Crippen molar-refractivity contribution in [2.45, 2.75) is 39.9 Å². The molecule has 0 fully saturated rings. The summed E-state index contributed by atoms with van der Waals surface area (Å²) in [6.07, 6.45) is -3.84. The molecule has 0 amide bonds. The van der Waals surface area contributed by atoms with E-state index >= 15 is 0 Å². The average molecular weight is 464 g/mol. The fourth-order valence-corrected chi connectivity index (χ4v) is 5.06. The summed E-state index contributed by atoms with van der Waals surface area (Å²) >= 11 is 0. The lowest BCUT2D eigenvalue weighted by Crippen LogP contribution is -2.32. The number of fused-ring (bicyclic) bond motifs is 1. The van der Waals surface area contributed by atoms with Crippen LogP contribution in [0, 0.1) is 11.3 Å². The molecule has 0 atom stereocenters. The van der Waals surface area contributed by atoms with E-state index in [-0.39, 0.29) is 11.3 Å². The van der Waals surface area contributed by atoms with Gasteiger partial charge in [0.15, 0.2) is 0 Å². The van der Waals surface area contributed by atoms with Crippen molar-refractivity contribution in [3.8, 4) is 17.3 Å². The van der Waals surface area contributed by atoms with Crippen LogP contribution in [0.3, 0.4) is 0 Å². The minimum atomic E-state index is -4.49. The molecule has 0 unspecified atom stereocenters. The van der Waals surface area contributed by atoms with E-state index in [1.54, 1.807) is 42.7 Å². The Bertz CT molecular complexity index is 1270. The Hall–Kier alpha value is -2.99. The molecular formula is C23H24F3N3O2S. The SMILES string of the molecule is CCCN(c1ccc(-c2c(C#N)c3ccc(C(F)(F)F)cc3n2CC)cc1)S(=O)(=O)CC. The molecule has 0 aliphatic rings. The average Bonchev–Trinajstić information content (AvgIpc) is 3.09. The molecule has 2 aromatic carbocycles. The van der Waals surface area contributed by atoms with Gasteiger partial charge in [-0.15, -0.1) is 0 Å². The molecule has 0 N–H and O–H groups in total. The summed E-state index contributed by atoms with van der Waals surface area (Å²) in [4.78, 5) is 0. The number of anilines is 1. The number of hydrogen-bond acceptors (Lipinski definition) is 3. The molecule has 0 radical (unpaired) electrons. The predicted molar refractivity (Wildman–Crippen MR) is 120 cm³/mol. The van der Waals surface area contributed by atoms with Crippen molar-refractivity contribution < 1.29 is 21.6 Å². The van der Waals surface area contributed by atoms with Crippen LogP contribution in [0.1, 0.15) is 38.3 Å². The zero-order chi connectivity index (χ0) is 23.7. The Balaban J connectivity index is 2.18. The standard InChI is InChI=1S/C23H24F3N3O2S/c1-4-13-29(32(30,31)6-3)18-10-7-16(8-11-18)22-20(15-27)19-12-9-17(23(24,25)26)14-21(19)28(22)5-2/h7-12,14H,4-6,13H2,1-3H3. The van der Waals surface area contributed by atoms with E-state index in [1.807, 2.05) is 6.92 Å². The molecule has 3 aromatic rings. The second-order valence-electron chi connectivity index (χ2n) is 7.33. The van der Waals surface area contributed by atoms with Gasteiger partial charge < -0.3 is 4.57 Å². The van der Waals surface area contributed by atoms with Crippen LogP contribution in [0.15, 0.2) is 42.5 Å². The smallest absolute Gasteiger partial charge is 0.340 e. The van der Waals surface area contributed by atoms with Crippen LogP contribution in [0.2, 0.25) is 0 Å². The third kappa shape index (κ3) is 4.19. The van der Waals surface area contributed by atoms with Crippen LogP contribution in [-0.2, 0) is 22.7 Å². The lowest BCUT2D eigenvalue weighted by molar-refractivity contribution is -0.137. The Labute approximate surface area is 185 Å². The lowest BCUT2D eigenvalue weighted by atomic mass is 10.0. The molecule has 3 rings (SSSR count). The lowest BCUT2D eigenvalue weighted by Gasteiger charge is -2.23. The zero-order valence-corrected chi connectivity index (χ0v) is 18.9. The monoisotopic (exact) mass is 463 g/mol. The molecule has 1 aromatic heterocycles. The van der Waals surface area contributed by atoms with E-state index in [0.717, 1.165) is 12.1 Å². The predicted octanol–water partition coefficient (Wildman–Crippen LogP) is 5.78. The number of benzene rings is 2. The van der Waals surface area contributed by atoms with Crippen LogP contribution in [0.5, 0.6) is 0 Å². The number of hydrogen-bond donors (Lipinski definition) is 0. The Morgan fingerprint density at radius 1 is 1.06 bits per heavy atom. The number of sulfonamides is 1. The molecule has 0 saturated carbocycles. The normalized spacial score (nSPS) is 12.2. The second-order valence-corrected chi connectivity index (χ2v) is 9.51. The summed E-state index contributed by atoms with van der Waals surface area (Å²) in [5.41, 5.74) is 1.49. The summed E-state index contributed by atoms with van der Waals surface area (Å²) < 4.78 is 67.7. The van der Waals surface area contributed by atoms with Gasteiger partial charge in [-0.05, 0) is 50.1 Å². The van der Waals surface area contributed by atoms with Crippen molar-refractivity contribution in [3.63, 3.8) is 0 Å². The van der Waals surface area contributed by atoms with Gasteiger partial charge in [-0.3, -0.25) is 4.31 Å². The van der Waals surface area contributed by atoms with Crippen LogP contribution >= 0.6 is 0 Å². The first-order valence-electron chi connectivity index (χ1n) is 10.3. The zero-order valence-electron chi connectivity index (χ0n) is 18.1. The number of nitriles is 1. The molecular weight excluding hydrogens is 439 g/mol. The summed E-state index contributed by atoms with van der Waals surface area (Å²) in [6, 6.07) is 12.2. The third-order valence-electron chi connectivity index (χ3n) is 5.38. The van der Waals surface area contributed by atoms with Gasteiger partial charge in [0.25, 0.3) is 0 Å². The largest absolute Gasteiger partial charge is 0.416 e. The number of aromatic nitrogens is 1. The van der Waals surface area contributed by atoms with Crippen molar-refractivity contribution in [2.24, 2.45) is 0 Å². The molecule has 170 valence electrons. The summed E-state index contributed by atoms with van der Waals surface area (Å²) in [5, 5.41) is 10.2. The number of halogens is 3. The van der Waals surface area contributed by atoms with Gasteiger partial charge in [-0.2, -0.15) is 18.4 Å². The minimum Gasteiger partial charge on any atom is -0.340 e. The molecule has 5 nitrogen and oxygen atoms in total. The Kier molecular flexibility index (Phi) is 6.56. The molecule has 9 heteroatoms. The first-order valence-corrected chi connectivity index (χ1v) is 11.9. The van der Waals surface area contributed by atoms with Gasteiger partial charge in [-0.25, -0.2) is 8.42 Å². The fraction of sp³-hybridized carbons (Fsp3) is 0.348. The van der Waals surface area contributed by atoms with Gasteiger partial charge in [0.2, 0.25) is 10.0 Å². The van der Waals surface area contributed by atoms with E-state index in [2.05, 4.69) is 6.07 Å². The third-order valence-corrected chi connectivity index (χ3v) is 7.17. The van der Waals surface area contributed by atoms with Crippen molar-refractivity contribution in [1.29, 1.82) is 5.26 Å². The van der Waals surface area contributed by atoms with Crippen LogP contribution < -0.4 is 4.31 Å². The van der Waals surface area contributed by atoms with E-state index in [4.69, 9.17) is 0 Å². The van der Waals surface area contributed by atoms with Crippen LogP contribution in [0.25, 0.3) is 22.2 Å². The van der Waals surface area contributed by atoms with E-state index in [1.165, 1.54) is 10.4 Å². The highest BCUT2D eigenvalue weighted by molar-refractivity contribution is 7.92. The van der Waals surface area contributed by atoms with Crippen LogP contribution in [0.4, 0.5) is 18.9 Å². The maximum absolute atomic E-state index is 13.2. The topological polar surface area (TPSA) is 66.1 Å². The molecule has 1 heterocycles. The number of rotatable bonds is 7. The highest BCUT2D eigenvalue weighted by Gasteiger charge is 2.31. The van der Waals surface area contributed by atoms with Gasteiger partial charge >= 0.3 is 6.18 Å². The highest BCUT2D eigenvalue weighted by atomic mass is 32.2. The molecule has 0 aliphatic carbocycles. The Morgan fingerprint density at radius 2 is 1.72 bits per heavy atom. The van der Waals surface area contributed by atoms with Gasteiger partial charge in [0.05, 0.1) is 33.8 Å². The number of nitrogens with zero attached hydrogens (tertiary/aromatic N) is 3. The quantitative estimate of drug-likeness (QED) is 0.446.